The first-order valence-electron chi connectivity index (χ1n) is 10.8. The zero-order valence-electron chi connectivity index (χ0n) is 19.0. The topological polar surface area (TPSA) is 48.0 Å². The molecule has 1 aliphatic carbocycles. The van der Waals surface area contributed by atoms with Gasteiger partial charge in [0, 0.05) is 29.2 Å². The van der Waals surface area contributed by atoms with E-state index in [0.717, 1.165) is 25.7 Å². The van der Waals surface area contributed by atoms with Crippen LogP contribution >= 0.6 is 0 Å². The lowest BCUT2D eigenvalue weighted by Crippen LogP contribution is -2.44. The van der Waals surface area contributed by atoms with E-state index < -0.39 is 17.4 Å². The van der Waals surface area contributed by atoms with E-state index in [-0.39, 0.29) is 11.1 Å². The van der Waals surface area contributed by atoms with Gasteiger partial charge in [0.15, 0.2) is 0 Å². The van der Waals surface area contributed by atoms with Crippen LogP contribution in [0.15, 0.2) is 6.26 Å². The number of nitrogens with zero attached hydrogens (tertiary/aromatic N) is 1. The maximum Gasteiger partial charge on any atom is 0.338 e. The van der Waals surface area contributed by atoms with Gasteiger partial charge < -0.3 is 19.1 Å². The van der Waals surface area contributed by atoms with Crippen LogP contribution in [-0.2, 0) is 15.9 Å². The van der Waals surface area contributed by atoms with Gasteiger partial charge in [-0.15, -0.1) is 0 Å². The molecule has 30 heavy (non-hydrogen) atoms. The second-order valence-corrected chi connectivity index (χ2v) is 8.85. The Balaban J connectivity index is 1.96. The van der Waals surface area contributed by atoms with Gasteiger partial charge in [0.05, 0.1) is 25.5 Å². The van der Waals surface area contributed by atoms with Gasteiger partial charge in [0.1, 0.15) is 17.2 Å². The minimum absolute atomic E-state index is 0.199. The first kappa shape index (κ1) is 22.6. The summed E-state index contributed by atoms with van der Waals surface area (Å²) in [5.41, 5.74) is 1.11. The maximum atomic E-state index is 15.6. The lowest BCUT2D eigenvalue weighted by molar-refractivity contribution is 0.0156. The van der Waals surface area contributed by atoms with Gasteiger partial charge in [0.25, 0.3) is 0 Å². The molecule has 0 aromatic heterocycles. The van der Waals surface area contributed by atoms with Crippen LogP contribution in [0.25, 0.3) is 6.08 Å². The zero-order valence-corrected chi connectivity index (χ0v) is 19.0. The van der Waals surface area contributed by atoms with Crippen molar-refractivity contribution in [1.29, 1.82) is 0 Å². The van der Waals surface area contributed by atoms with E-state index in [1.54, 1.807) is 6.92 Å². The molecule has 1 atom stereocenters. The Morgan fingerprint density at radius 2 is 1.97 bits per heavy atom. The summed E-state index contributed by atoms with van der Waals surface area (Å²) in [6.07, 6.45) is 7.77. The normalized spacial score (nSPS) is 26.0. The Morgan fingerprint density at radius 1 is 1.30 bits per heavy atom. The van der Waals surface area contributed by atoms with Crippen molar-refractivity contribution in [2.45, 2.75) is 64.5 Å². The van der Waals surface area contributed by atoms with Crippen molar-refractivity contribution in [1.82, 2.24) is 4.90 Å². The van der Waals surface area contributed by atoms with Gasteiger partial charge >= 0.3 is 5.97 Å². The van der Waals surface area contributed by atoms with Crippen molar-refractivity contribution in [3.05, 3.63) is 34.3 Å². The standard InChI is InChI=1S/C24H34FNO4/c1-7-29-13-12-18-20(23(27)28-6)15(2)22-19(21(18)25)14-24(3,30-22)16-8-10-17(11-9-16)26(4)5/h12-13,16-17H,7-11,14H2,1-6H3/b13-12+. The molecule has 0 radical (unpaired) electrons. The van der Waals surface area contributed by atoms with Gasteiger partial charge in [-0.3, -0.25) is 0 Å². The summed E-state index contributed by atoms with van der Waals surface area (Å²) < 4.78 is 32.2. The molecule has 0 saturated heterocycles. The number of methoxy groups -OCH3 is 1. The number of halogens is 1. The summed E-state index contributed by atoms with van der Waals surface area (Å²) in [6.45, 7) is 6.20. The number of fused-ring (bicyclic) bond motifs is 1. The third-order valence-electron chi connectivity index (χ3n) is 6.80. The quantitative estimate of drug-likeness (QED) is 0.492. The van der Waals surface area contributed by atoms with Crippen LogP contribution in [0, 0.1) is 18.7 Å². The van der Waals surface area contributed by atoms with Crippen molar-refractivity contribution in [2.75, 3.05) is 27.8 Å². The fourth-order valence-electron chi connectivity index (χ4n) is 4.99. The first-order chi connectivity index (χ1) is 14.2. The predicted molar refractivity (Wildman–Crippen MR) is 115 cm³/mol. The Morgan fingerprint density at radius 3 is 2.53 bits per heavy atom. The maximum absolute atomic E-state index is 15.6. The summed E-state index contributed by atoms with van der Waals surface area (Å²) in [6, 6.07) is 0.591. The van der Waals surface area contributed by atoms with Crippen molar-refractivity contribution in [3.63, 3.8) is 0 Å². The van der Waals surface area contributed by atoms with Crippen LogP contribution in [0.5, 0.6) is 5.75 Å². The molecule has 1 heterocycles. The molecule has 1 aromatic carbocycles. The third-order valence-corrected chi connectivity index (χ3v) is 6.80. The molecule has 6 heteroatoms. The highest BCUT2D eigenvalue weighted by Gasteiger charge is 2.46. The summed E-state index contributed by atoms with van der Waals surface area (Å²) in [5, 5.41) is 0. The Labute approximate surface area is 179 Å². The predicted octanol–water partition coefficient (Wildman–Crippen LogP) is 4.74. The third kappa shape index (κ3) is 4.07. The molecule has 1 fully saturated rings. The molecule has 1 unspecified atom stereocenters. The second kappa shape index (κ2) is 8.96. The number of ether oxygens (including phenoxy) is 3. The van der Waals surface area contributed by atoms with E-state index >= 15 is 4.39 Å². The molecule has 166 valence electrons. The molecular weight excluding hydrogens is 385 g/mol. The monoisotopic (exact) mass is 419 g/mol. The highest BCUT2D eigenvalue weighted by molar-refractivity contribution is 5.96. The van der Waals surface area contributed by atoms with Crippen LogP contribution in [0.3, 0.4) is 0 Å². The van der Waals surface area contributed by atoms with E-state index in [2.05, 4.69) is 25.9 Å². The summed E-state index contributed by atoms with van der Waals surface area (Å²) in [5.74, 6) is -0.144. The molecule has 0 spiro atoms. The Hall–Kier alpha value is -2.08. The number of esters is 1. The summed E-state index contributed by atoms with van der Waals surface area (Å²) in [7, 11) is 5.55. The van der Waals surface area contributed by atoms with Crippen molar-refractivity contribution >= 4 is 12.0 Å². The van der Waals surface area contributed by atoms with Gasteiger partial charge in [-0.25, -0.2) is 9.18 Å². The van der Waals surface area contributed by atoms with Gasteiger partial charge in [-0.1, -0.05) is 0 Å². The second-order valence-electron chi connectivity index (χ2n) is 8.85. The smallest absolute Gasteiger partial charge is 0.338 e. The summed E-state index contributed by atoms with van der Waals surface area (Å²) >= 11 is 0. The van der Waals surface area contributed by atoms with Gasteiger partial charge in [-0.2, -0.15) is 0 Å². The fraction of sp³-hybridized carbons (Fsp3) is 0.625. The average Bonchev–Trinajstić information content (AvgIpc) is 3.11. The van der Waals surface area contributed by atoms with Crippen LogP contribution < -0.4 is 4.74 Å². The number of carbonyl (C=O) groups excluding carboxylic acids is 1. The van der Waals surface area contributed by atoms with Crippen molar-refractivity contribution < 1.29 is 23.4 Å². The highest BCUT2D eigenvalue weighted by atomic mass is 19.1. The Kier molecular flexibility index (Phi) is 6.75. The first-order valence-corrected chi connectivity index (χ1v) is 10.8. The number of hydrogen-bond donors (Lipinski definition) is 0. The summed E-state index contributed by atoms with van der Waals surface area (Å²) in [4.78, 5) is 14.8. The zero-order chi connectivity index (χ0) is 22.1. The lowest BCUT2D eigenvalue weighted by Gasteiger charge is -2.40. The van der Waals surface area contributed by atoms with Crippen LogP contribution in [0.4, 0.5) is 4.39 Å². The van der Waals surface area contributed by atoms with Crippen LogP contribution in [-0.4, -0.2) is 50.3 Å². The van der Waals surface area contributed by atoms with Crippen molar-refractivity contribution in [3.8, 4) is 5.75 Å². The average molecular weight is 420 g/mol. The number of hydrogen-bond acceptors (Lipinski definition) is 5. The minimum atomic E-state index is -0.575. The molecule has 3 rings (SSSR count). The molecule has 0 N–H and O–H groups in total. The van der Waals surface area contributed by atoms with Crippen molar-refractivity contribution in [2.24, 2.45) is 5.92 Å². The molecule has 1 aromatic rings. The lowest BCUT2D eigenvalue weighted by atomic mass is 9.74. The molecule has 0 amide bonds. The molecule has 5 nitrogen and oxygen atoms in total. The SMILES string of the molecule is CCO/C=C/c1c(F)c2c(c(C)c1C(=O)OC)OC(C)(C1CCC(N(C)C)CC1)C2. The number of carbonyl (C=O) groups is 1. The molecule has 1 aliphatic heterocycles. The molecule has 2 aliphatic rings. The minimum Gasteiger partial charge on any atom is -0.501 e. The molecular formula is C24H34FNO4. The van der Waals surface area contributed by atoms with E-state index in [4.69, 9.17) is 14.2 Å². The van der Waals surface area contributed by atoms with E-state index in [0.29, 0.717) is 41.9 Å². The Bertz CT molecular complexity index is 827. The number of rotatable bonds is 6. The molecule has 1 saturated carbocycles. The van der Waals surface area contributed by atoms with E-state index in [1.165, 1.54) is 19.4 Å². The van der Waals surface area contributed by atoms with Gasteiger partial charge in [-0.05, 0) is 72.5 Å². The van der Waals surface area contributed by atoms with Crippen LogP contribution in [0.1, 0.15) is 66.6 Å². The largest absolute Gasteiger partial charge is 0.501 e. The fourth-order valence-corrected chi connectivity index (χ4v) is 4.99. The highest BCUT2D eigenvalue weighted by Crippen LogP contribution is 2.48. The van der Waals surface area contributed by atoms with Crippen LogP contribution in [0.2, 0.25) is 0 Å². The number of benzene rings is 1. The van der Waals surface area contributed by atoms with Gasteiger partial charge in [0.2, 0.25) is 0 Å². The molecule has 0 bridgehead atoms. The van der Waals surface area contributed by atoms with E-state index in [1.807, 2.05) is 6.92 Å². The van der Waals surface area contributed by atoms with E-state index in [9.17, 15) is 4.79 Å².